The maximum Gasteiger partial charge on any atom is 0.337 e. The molecule has 0 aliphatic carbocycles. The Bertz CT molecular complexity index is 1150. The van der Waals surface area contributed by atoms with Crippen LogP contribution in [0.25, 0.3) is 5.69 Å². The van der Waals surface area contributed by atoms with Crippen molar-refractivity contribution in [3.05, 3.63) is 70.3 Å². The third kappa shape index (κ3) is 5.37. The second-order valence-electron chi connectivity index (χ2n) is 7.00. The first-order valence-electron chi connectivity index (χ1n) is 9.55. The van der Waals surface area contributed by atoms with Crippen LogP contribution in [0.4, 0.5) is 0 Å². The van der Waals surface area contributed by atoms with Crippen LogP contribution < -0.4 is 5.43 Å². The lowest BCUT2D eigenvalue weighted by molar-refractivity contribution is -0.118. The highest BCUT2D eigenvalue weighted by molar-refractivity contribution is 7.99. The summed E-state index contributed by atoms with van der Waals surface area (Å²) in [5.74, 6) is -1.12. The molecule has 0 unspecified atom stereocenters. The van der Waals surface area contributed by atoms with E-state index in [4.69, 9.17) is 0 Å². The number of aryl methyl sites for hydroxylation is 3. The van der Waals surface area contributed by atoms with Crippen LogP contribution in [0.15, 0.2) is 46.7 Å². The van der Waals surface area contributed by atoms with Gasteiger partial charge < -0.3 is 9.67 Å². The molecule has 0 aliphatic heterocycles. The molecule has 2 heterocycles. The number of aromatic carboxylic acids is 1. The summed E-state index contributed by atoms with van der Waals surface area (Å²) in [6.45, 7) is 7.53. The molecule has 0 atom stereocenters. The number of para-hydroxylation sites is 1. The average Bonchev–Trinajstić information content (AvgIpc) is 2.99. The average molecular weight is 438 g/mol. The Morgan fingerprint density at radius 3 is 2.48 bits per heavy atom. The molecule has 0 saturated heterocycles. The van der Waals surface area contributed by atoms with Gasteiger partial charge in [0.1, 0.15) is 0 Å². The summed E-state index contributed by atoms with van der Waals surface area (Å²) in [5, 5.41) is 14.1. The molecule has 3 rings (SSSR count). The summed E-state index contributed by atoms with van der Waals surface area (Å²) >= 11 is 1.25. The van der Waals surface area contributed by atoms with Gasteiger partial charge in [0.05, 0.1) is 23.2 Å². The van der Waals surface area contributed by atoms with E-state index in [0.29, 0.717) is 10.8 Å². The molecule has 8 nitrogen and oxygen atoms in total. The van der Waals surface area contributed by atoms with Crippen LogP contribution >= 0.6 is 11.8 Å². The van der Waals surface area contributed by atoms with Crippen molar-refractivity contribution in [1.29, 1.82) is 0 Å². The van der Waals surface area contributed by atoms with Gasteiger partial charge in [0.2, 0.25) is 0 Å². The molecule has 0 fully saturated rings. The number of carbonyl (C=O) groups is 2. The van der Waals surface area contributed by atoms with Crippen LogP contribution in [0.3, 0.4) is 0 Å². The zero-order valence-corrected chi connectivity index (χ0v) is 18.5. The number of carboxylic acids is 1. The maximum absolute atomic E-state index is 12.1. The van der Waals surface area contributed by atoms with Gasteiger partial charge in [-0.3, -0.25) is 4.79 Å². The van der Waals surface area contributed by atoms with E-state index in [-0.39, 0.29) is 17.2 Å². The molecular formula is C22H23N5O3S. The van der Waals surface area contributed by atoms with E-state index in [1.54, 1.807) is 30.5 Å². The molecule has 1 aromatic carbocycles. The first kappa shape index (κ1) is 22.2. The molecule has 160 valence electrons. The highest BCUT2D eigenvalue weighted by atomic mass is 32.2. The normalized spacial score (nSPS) is 11.1. The highest BCUT2D eigenvalue weighted by Gasteiger charge is 2.16. The van der Waals surface area contributed by atoms with E-state index in [9.17, 15) is 14.7 Å². The number of rotatable bonds is 7. The van der Waals surface area contributed by atoms with E-state index in [2.05, 4.69) is 20.5 Å². The quantitative estimate of drug-likeness (QED) is 0.254. The Morgan fingerprint density at radius 1 is 1.13 bits per heavy atom. The molecule has 1 amide bonds. The fraction of sp³-hybridized carbons (Fsp3) is 0.227. The predicted octanol–water partition coefficient (Wildman–Crippen LogP) is 3.44. The van der Waals surface area contributed by atoms with Gasteiger partial charge in [-0.1, -0.05) is 23.9 Å². The number of nitrogens with one attached hydrogen (secondary N) is 1. The lowest BCUT2D eigenvalue weighted by atomic mass is 10.1. The second-order valence-corrected chi connectivity index (χ2v) is 7.94. The van der Waals surface area contributed by atoms with Crippen LogP contribution in [0.5, 0.6) is 0 Å². The van der Waals surface area contributed by atoms with E-state index in [1.165, 1.54) is 11.8 Å². The molecule has 0 aliphatic rings. The summed E-state index contributed by atoms with van der Waals surface area (Å²) in [6, 6.07) is 10.6. The molecule has 3 aromatic rings. The van der Waals surface area contributed by atoms with Crippen molar-refractivity contribution >= 4 is 29.9 Å². The Hall–Kier alpha value is -3.46. The van der Waals surface area contributed by atoms with Crippen LogP contribution in [-0.2, 0) is 4.79 Å². The van der Waals surface area contributed by atoms with Crippen molar-refractivity contribution in [1.82, 2.24) is 20.0 Å². The van der Waals surface area contributed by atoms with Gasteiger partial charge in [-0.15, -0.1) is 0 Å². The monoisotopic (exact) mass is 437 g/mol. The van der Waals surface area contributed by atoms with Crippen molar-refractivity contribution in [3.63, 3.8) is 0 Å². The number of aromatic nitrogens is 3. The SMILES string of the molecule is Cc1cc(C)nc(SCC(=O)N/N=C\c2cc(C)n(-c3ccccc3C(=O)O)c2C)n1. The number of carboxylic acid groups (broad SMARTS) is 1. The molecule has 0 bridgehead atoms. The Morgan fingerprint density at radius 2 is 1.81 bits per heavy atom. The Labute approximate surface area is 184 Å². The first-order valence-corrected chi connectivity index (χ1v) is 10.5. The van der Waals surface area contributed by atoms with Gasteiger partial charge >= 0.3 is 5.97 Å². The molecule has 2 aromatic heterocycles. The lowest BCUT2D eigenvalue weighted by Gasteiger charge is -2.12. The molecule has 0 spiro atoms. The summed E-state index contributed by atoms with van der Waals surface area (Å²) in [7, 11) is 0. The molecule has 2 N–H and O–H groups in total. The zero-order chi connectivity index (χ0) is 22.5. The number of hydrogen-bond acceptors (Lipinski definition) is 6. The largest absolute Gasteiger partial charge is 0.478 e. The van der Waals surface area contributed by atoms with Crippen molar-refractivity contribution in [2.24, 2.45) is 5.10 Å². The zero-order valence-electron chi connectivity index (χ0n) is 17.7. The topological polar surface area (TPSA) is 109 Å². The first-order chi connectivity index (χ1) is 14.8. The van der Waals surface area contributed by atoms with E-state index >= 15 is 0 Å². The molecular weight excluding hydrogens is 414 g/mol. The van der Waals surface area contributed by atoms with Gasteiger partial charge in [-0.05, 0) is 52.0 Å². The molecule has 0 saturated carbocycles. The standard InChI is InChI=1S/C22H23N5O3S/c1-13-9-14(2)25-22(24-13)31-12-20(28)26-23-11-17-10-15(3)27(16(17)4)19-8-6-5-7-18(19)21(29)30/h5-11H,12H2,1-4H3,(H,26,28)(H,29,30)/b23-11-. The van der Waals surface area contributed by atoms with Crippen molar-refractivity contribution in [3.8, 4) is 5.69 Å². The lowest BCUT2D eigenvalue weighted by Crippen LogP contribution is -2.20. The molecule has 9 heteroatoms. The minimum absolute atomic E-state index is 0.144. The smallest absolute Gasteiger partial charge is 0.337 e. The summed E-state index contributed by atoms with van der Waals surface area (Å²) in [6.07, 6.45) is 1.55. The number of hydrazone groups is 1. The maximum atomic E-state index is 12.1. The predicted molar refractivity (Wildman–Crippen MR) is 120 cm³/mol. The van der Waals surface area contributed by atoms with E-state index in [0.717, 1.165) is 28.3 Å². The number of amides is 1. The third-order valence-corrected chi connectivity index (χ3v) is 5.38. The van der Waals surface area contributed by atoms with E-state index in [1.807, 2.05) is 44.4 Å². The number of thioether (sulfide) groups is 1. The van der Waals surface area contributed by atoms with Gasteiger partial charge in [0.25, 0.3) is 5.91 Å². The third-order valence-electron chi connectivity index (χ3n) is 4.53. The summed E-state index contributed by atoms with van der Waals surface area (Å²) < 4.78 is 1.86. The van der Waals surface area contributed by atoms with Gasteiger partial charge in [-0.2, -0.15) is 5.10 Å². The minimum Gasteiger partial charge on any atom is -0.478 e. The minimum atomic E-state index is -0.990. The second kappa shape index (κ2) is 9.57. The Balaban J connectivity index is 1.69. The number of benzene rings is 1. The fourth-order valence-corrected chi connectivity index (χ4v) is 3.97. The molecule has 0 radical (unpaired) electrons. The van der Waals surface area contributed by atoms with Gasteiger partial charge in [-0.25, -0.2) is 20.2 Å². The van der Waals surface area contributed by atoms with E-state index < -0.39 is 5.97 Å². The van der Waals surface area contributed by atoms with Crippen molar-refractivity contribution < 1.29 is 14.7 Å². The molecule has 31 heavy (non-hydrogen) atoms. The number of hydrogen-bond donors (Lipinski definition) is 2. The van der Waals surface area contributed by atoms with Crippen LogP contribution in [-0.4, -0.2) is 43.5 Å². The number of carbonyl (C=O) groups excluding carboxylic acids is 1. The Kier molecular flexibility index (Phi) is 6.86. The van der Waals surface area contributed by atoms with Gasteiger partial charge in [0.15, 0.2) is 5.16 Å². The van der Waals surface area contributed by atoms with Crippen LogP contribution in [0.2, 0.25) is 0 Å². The van der Waals surface area contributed by atoms with Crippen LogP contribution in [0.1, 0.15) is 38.7 Å². The van der Waals surface area contributed by atoms with Crippen molar-refractivity contribution in [2.45, 2.75) is 32.9 Å². The summed E-state index contributed by atoms with van der Waals surface area (Å²) in [4.78, 5) is 32.3. The summed E-state index contributed by atoms with van der Waals surface area (Å²) in [5.41, 5.74) is 7.48. The highest BCUT2D eigenvalue weighted by Crippen LogP contribution is 2.23. The van der Waals surface area contributed by atoms with Gasteiger partial charge in [0, 0.05) is 28.3 Å². The fourth-order valence-electron chi connectivity index (χ4n) is 3.23. The number of nitrogens with zero attached hydrogens (tertiary/aromatic N) is 4. The van der Waals surface area contributed by atoms with Crippen molar-refractivity contribution in [2.75, 3.05) is 5.75 Å². The van der Waals surface area contributed by atoms with Crippen LogP contribution in [0, 0.1) is 27.7 Å².